The first-order chi connectivity index (χ1) is 23.3. The van der Waals surface area contributed by atoms with Crippen LogP contribution in [-0.4, -0.2) is 33.2 Å². The molecule has 49 heavy (non-hydrogen) atoms. The second kappa shape index (κ2) is 19.9. The second-order valence-corrected chi connectivity index (χ2v) is 9.65. The van der Waals surface area contributed by atoms with Crippen molar-refractivity contribution in [1.29, 1.82) is 0 Å². The van der Waals surface area contributed by atoms with Crippen molar-refractivity contribution in [2.45, 2.75) is 0 Å². The van der Waals surface area contributed by atoms with E-state index >= 15 is 0 Å². The summed E-state index contributed by atoms with van der Waals surface area (Å²) in [7, 11) is 0. The summed E-state index contributed by atoms with van der Waals surface area (Å²) < 4.78 is 16.5. The number of rotatable bonds is 9. The van der Waals surface area contributed by atoms with Crippen LogP contribution in [0.4, 0.5) is 0 Å². The van der Waals surface area contributed by atoms with Crippen LogP contribution >= 0.6 is 0 Å². The van der Waals surface area contributed by atoms with E-state index < -0.39 is 17.9 Å². The van der Waals surface area contributed by atoms with Crippen molar-refractivity contribution in [3.8, 4) is 34.5 Å². The molecule has 0 aliphatic carbocycles. The van der Waals surface area contributed by atoms with E-state index in [1.54, 1.807) is 91.0 Å². The molecule has 0 heterocycles. The van der Waals surface area contributed by atoms with Gasteiger partial charge < -0.3 is 29.5 Å². The number of hydrogen-bond donors (Lipinski definition) is 3. The van der Waals surface area contributed by atoms with Crippen molar-refractivity contribution in [2.24, 2.45) is 0 Å². The zero-order chi connectivity index (χ0) is 34.1. The van der Waals surface area contributed by atoms with Crippen molar-refractivity contribution in [3.63, 3.8) is 0 Å². The minimum absolute atomic E-state index is 0. The molecule has 6 aromatic carbocycles. The average molecular weight is 802 g/mol. The molecule has 9 nitrogen and oxygen atoms in total. The van der Waals surface area contributed by atoms with Gasteiger partial charge in [0.05, 0.1) is 0 Å². The Morgan fingerprint density at radius 2 is 0.531 bits per heavy atom. The third kappa shape index (κ3) is 12.2. The molecule has 0 atom stereocenters. The average Bonchev–Trinajstić information content (AvgIpc) is 3.11. The first-order valence-corrected chi connectivity index (χ1v) is 14.5. The summed E-state index contributed by atoms with van der Waals surface area (Å²) in [6, 6.07) is 46.9. The fourth-order valence-corrected chi connectivity index (χ4v) is 4.04. The van der Waals surface area contributed by atoms with Crippen molar-refractivity contribution in [3.05, 3.63) is 180 Å². The van der Waals surface area contributed by atoms with Gasteiger partial charge in [-0.3, -0.25) is 0 Å². The van der Waals surface area contributed by atoms with Crippen molar-refractivity contribution < 1.29 is 82.5 Å². The van der Waals surface area contributed by atoms with Gasteiger partial charge in [-0.2, -0.15) is 0 Å². The summed E-state index contributed by atoms with van der Waals surface area (Å²) in [6.45, 7) is 0. The molecule has 249 valence electrons. The molecule has 0 aliphatic heterocycles. The maximum Gasteiger partial charge on any atom is 0.339 e. The van der Waals surface area contributed by atoms with E-state index in [1.807, 2.05) is 54.6 Å². The van der Waals surface area contributed by atoms with Gasteiger partial charge in [0.2, 0.25) is 0 Å². The Hall–Kier alpha value is -5.58. The van der Waals surface area contributed by atoms with E-state index in [0.717, 1.165) is 0 Å². The largest absolute Gasteiger partial charge is 0.478 e. The summed E-state index contributed by atoms with van der Waals surface area (Å²) in [5.74, 6) is -0.0724. The Bertz CT molecular complexity index is 1710. The van der Waals surface area contributed by atoms with Crippen molar-refractivity contribution >= 4 is 17.9 Å². The number of carbonyl (C=O) groups is 3. The van der Waals surface area contributed by atoms with E-state index in [-0.39, 0.29) is 55.3 Å². The standard InChI is InChI=1S/3C13H10O3.Tb/c3*14-13(15)11-8-4-5-9-12(11)16-10-6-2-1-3-7-10;/h3*1-9H,(H,14,15);. The Labute approximate surface area is 313 Å². The van der Waals surface area contributed by atoms with E-state index in [2.05, 4.69) is 0 Å². The van der Waals surface area contributed by atoms with Crippen LogP contribution in [0.3, 0.4) is 0 Å². The predicted octanol–water partition coefficient (Wildman–Crippen LogP) is 9.53. The van der Waals surface area contributed by atoms with Gasteiger partial charge in [-0.25, -0.2) is 14.4 Å². The molecule has 10 heteroatoms. The number of para-hydroxylation sites is 6. The molecular weight excluding hydrogens is 771 g/mol. The first kappa shape index (κ1) is 37.9. The van der Waals surface area contributed by atoms with Gasteiger partial charge >= 0.3 is 17.9 Å². The van der Waals surface area contributed by atoms with E-state index in [4.69, 9.17) is 29.5 Å². The quantitative estimate of drug-likeness (QED) is 0.130. The fourth-order valence-electron chi connectivity index (χ4n) is 4.04. The van der Waals surface area contributed by atoms with Crippen LogP contribution < -0.4 is 14.2 Å². The van der Waals surface area contributed by atoms with Crippen LogP contribution in [0.1, 0.15) is 31.1 Å². The van der Waals surface area contributed by atoms with E-state index in [0.29, 0.717) is 34.5 Å². The molecule has 3 N–H and O–H groups in total. The summed E-state index contributed by atoms with van der Waals surface area (Å²) in [5.41, 5.74) is 0.476. The summed E-state index contributed by atoms with van der Waals surface area (Å²) in [4.78, 5) is 32.8. The third-order valence-electron chi connectivity index (χ3n) is 6.27. The third-order valence-corrected chi connectivity index (χ3v) is 6.27. The van der Waals surface area contributed by atoms with Gasteiger partial charge in [0.1, 0.15) is 51.2 Å². The van der Waals surface area contributed by atoms with E-state index in [1.165, 1.54) is 18.2 Å². The zero-order valence-electron chi connectivity index (χ0n) is 25.7. The smallest absolute Gasteiger partial charge is 0.339 e. The SMILES string of the molecule is O=C(O)c1ccccc1Oc1ccccc1.O=C(O)c1ccccc1Oc1ccccc1.O=C(O)c1ccccc1Oc1ccccc1.[Tb]. The maximum absolute atomic E-state index is 10.9. The Morgan fingerprint density at radius 1 is 0.327 bits per heavy atom. The summed E-state index contributed by atoms with van der Waals surface area (Å²) in [5, 5.41) is 26.9. The summed E-state index contributed by atoms with van der Waals surface area (Å²) in [6.07, 6.45) is 0. The normalized spacial score (nSPS) is 9.55. The van der Waals surface area contributed by atoms with Crippen LogP contribution in [-0.2, 0) is 0 Å². The molecular formula is C39H30O9Tb. The molecule has 0 unspecified atom stereocenters. The van der Waals surface area contributed by atoms with Gasteiger partial charge in [-0.15, -0.1) is 0 Å². The zero-order valence-corrected chi connectivity index (χ0v) is 27.9. The number of hydrogen-bond acceptors (Lipinski definition) is 6. The molecule has 0 spiro atoms. The minimum atomic E-state index is -0.994. The minimum Gasteiger partial charge on any atom is -0.478 e. The molecule has 1 radical (unpaired) electrons. The predicted molar refractivity (Wildman–Crippen MR) is 180 cm³/mol. The van der Waals surface area contributed by atoms with Gasteiger partial charge in [-0.05, 0) is 72.8 Å². The van der Waals surface area contributed by atoms with Crippen LogP contribution in [0.15, 0.2) is 164 Å². The molecule has 0 aromatic heterocycles. The van der Waals surface area contributed by atoms with Crippen LogP contribution in [0.5, 0.6) is 34.5 Å². The van der Waals surface area contributed by atoms with Gasteiger partial charge in [-0.1, -0.05) is 91.0 Å². The van der Waals surface area contributed by atoms with Crippen molar-refractivity contribution in [2.75, 3.05) is 0 Å². The van der Waals surface area contributed by atoms with Crippen LogP contribution in [0, 0.1) is 38.6 Å². The second-order valence-electron chi connectivity index (χ2n) is 9.65. The number of ether oxygens (including phenoxy) is 3. The van der Waals surface area contributed by atoms with Crippen LogP contribution in [0.2, 0.25) is 0 Å². The Kier molecular flexibility index (Phi) is 15.4. The molecule has 0 amide bonds. The molecule has 0 saturated carbocycles. The Balaban J connectivity index is 0.000000197. The van der Waals surface area contributed by atoms with Crippen LogP contribution in [0.25, 0.3) is 0 Å². The number of carboxylic acid groups (broad SMARTS) is 3. The fraction of sp³-hybridized carbons (Fsp3) is 0. The molecule has 0 saturated heterocycles. The van der Waals surface area contributed by atoms with E-state index in [9.17, 15) is 14.4 Å². The maximum atomic E-state index is 10.9. The number of carboxylic acids is 3. The number of aromatic carboxylic acids is 3. The molecule has 6 rings (SSSR count). The topological polar surface area (TPSA) is 140 Å². The molecule has 0 fully saturated rings. The van der Waals surface area contributed by atoms with Gasteiger partial charge in [0, 0.05) is 38.6 Å². The molecule has 0 bridgehead atoms. The summed E-state index contributed by atoms with van der Waals surface area (Å²) >= 11 is 0. The molecule has 0 aliphatic rings. The van der Waals surface area contributed by atoms with Crippen molar-refractivity contribution in [1.82, 2.24) is 0 Å². The number of benzene rings is 6. The monoisotopic (exact) mass is 801 g/mol. The molecule has 6 aromatic rings. The van der Waals surface area contributed by atoms with Gasteiger partial charge in [0.25, 0.3) is 0 Å². The first-order valence-electron chi connectivity index (χ1n) is 14.5. The van der Waals surface area contributed by atoms with Gasteiger partial charge in [0.15, 0.2) is 0 Å². The Morgan fingerprint density at radius 3 is 0.755 bits per heavy atom.